The fourth-order valence-electron chi connectivity index (χ4n) is 3.67. The van der Waals surface area contributed by atoms with E-state index in [1.807, 2.05) is 55.5 Å². The van der Waals surface area contributed by atoms with Crippen LogP contribution in [-0.4, -0.2) is 16.1 Å². The number of nitroso groups, excluding NO2 is 1. The van der Waals surface area contributed by atoms with Gasteiger partial charge in [-0.15, -0.1) is 0 Å². The van der Waals surface area contributed by atoms with Gasteiger partial charge in [0, 0.05) is 23.9 Å². The van der Waals surface area contributed by atoms with Crippen molar-refractivity contribution < 1.29 is 9.90 Å². The molecule has 0 amide bonds. The Morgan fingerprint density at radius 1 is 1.07 bits per heavy atom. The molecular weight excluding hydrogens is 376 g/mol. The van der Waals surface area contributed by atoms with E-state index < -0.39 is 12.0 Å². The van der Waals surface area contributed by atoms with Gasteiger partial charge in [-0.3, -0.25) is 4.98 Å². The second kappa shape index (κ2) is 9.74. The summed E-state index contributed by atoms with van der Waals surface area (Å²) >= 11 is 0. The number of pyridine rings is 1. The number of aliphatic carboxylic acids is 1. The summed E-state index contributed by atoms with van der Waals surface area (Å²) in [5.74, 6) is -1.01. The molecule has 0 bridgehead atoms. The van der Waals surface area contributed by atoms with Crippen molar-refractivity contribution in [2.24, 2.45) is 5.18 Å². The Bertz CT molecular complexity index is 1060. The SMILES string of the molecule is Cc1cc(C(CC(c2ccc(C=CC(=O)O)cc2)c2ccccc2C)N=O)ccn1. The van der Waals surface area contributed by atoms with Crippen LogP contribution in [0.3, 0.4) is 0 Å². The Kier molecular flexibility index (Phi) is 6.86. The number of hydrogen-bond acceptors (Lipinski definition) is 4. The quantitative estimate of drug-likeness (QED) is 0.381. The van der Waals surface area contributed by atoms with Gasteiger partial charge in [-0.25, -0.2) is 4.79 Å². The second-order valence-corrected chi connectivity index (χ2v) is 7.33. The van der Waals surface area contributed by atoms with E-state index in [1.54, 1.807) is 12.3 Å². The van der Waals surface area contributed by atoms with Gasteiger partial charge < -0.3 is 5.11 Å². The van der Waals surface area contributed by atoms with E-state index in [4.69, 9.17) is 5.11 Å². The van der Waals surface area contributed by atoms with Gasteiger partial charge in [0.25, 0.3) is 0 Å². The molecule has 0 saturated carbocycles. The lowest BCUT2D eigenvalue weighted by atomic mass is 9.82. The number of benzene rings is 2. The van der Waals surface area contributed by atoms with Crippen LogP contribution in [0.2, 0.25) is 0 Å². The first-order valence-electron chi connectivity index (χ1n) is 9.79. The maximum Gasteiger partial charge on any atom is 0.328 e. The molecule has 0 radical (unpaired) electrons. The molecule has 2 aromatic carbocycles. The van der Waals surface area contributed by atoms with Gasteiger partial charge in [0.2, 0.25) is 0 Å². The first kappa shape index (κ1) is 21.1. The molecule has 1 aromatic heterocycles. The number of hydrogen-bond donors (Lipinski definition) is 1. The molecule has 2 atom stereocenters. The number of carboxylic acid groups (broad SMARTS) is 1. The molecule has 152 valence electrons. The zero-order valence-corrected chi connectivity index (χ0v) is 17.0. The molecule has 5 nitrogen and oxygen atoms in total. The summed E-state index contributed by atoms with van der Waals surface area (Å²) < 4.78 is 0. The van der Waals surface area contributed by atoms with E-state index in [0.717, 1.165) is 39.6 Å². The average Bonchev–Trinajstić information content (AvgIpc) is 2.74. The van der Waals surface area contributed by atoms with Crippen LogP contribution in [0, 0.1) is 18.8 Å². The first-order chi connectivity index (χ1) is 14.5. The van der Waals surface area contributed by atoms with E-state index in [-0.39, 0.29) is 5.92 Å². The number of aromatic nitrogens is 1. The van der Waals surface area contributed by atoms with Gasteiger partial charge in [0.1, 0.15) is 6.04 Å². The van der Waals surface area contributed by atoms with Crippen molar-refractivity contribution in [3.8, 4) is 0 Å². The topological polar surface area (TPSA) is 79.6 Å². The monoisotopic (exact) mass is 400 g/mol. The fraction of sp³-hybridized carbons (Fsp3) is 0.200. The summed E-state index contributed by atoms with van der Waals surface area (Å²) in [6.07, 6.45) is 4.91. The first-order valence-corrected chi connectivity index (χ1v) is 9.79. The lowest BCUT2D eigenvalue weighted by Crippen LogP contribution is -2.09. The molecule has 1 N–H and O–H groups in total. The third-order valence-electron chi connectivity index (χ3n) is 5.21. The highest BCUT2D eigenvalue weighted by Gasteiger charge is 2.23. The minimum absolute atomic E-state index is 0.0279. The van der Waals surface area contributed by atoms with Crippen LogP contribution in [0.4, 0.5) is 0 Å². The van der Waals surface area contributed by atoms with Crippen LogP contribution in [0.5, 0.6) is 0 Å². The minimum atomic E-state index is -0.982. The largest absolute Gasteiger partial charge is 0.478 e. The molecule has 3 rings (SSSR count). The normalized spacial score (nSPS) is 13.1. The molecule has 0 saturated heterocycles. The molecule has 0 aliphatic carbocycles. The molecular formula is C25H24N2O3. The van der Waals surface area contributed by atoms with E-state index in [9.17, 15) is 9.70 Å². The van der Waals surface area contributed by atoms with E-state index in [2.05, 4.69) is 29.2 Å². The van der Waals surface area contributed by atoms with E-state index in [0.29, 0.717) is 6.42 Å². The Labute approximate surface area is 176 Å². The van der Waals surface area contributed by atoms with Crippen LogP contribution < -0.4 is 0 Å². The number of carbonyl (C=O) groups is 1. The predicted molar refractivity (Wildman–Crippen MR) is 118 cm³/mol. The summed E-state index contributed by atoms with van der Waals surface area (Å²) in [6.45, 7) is 3.96. The lowest BCUT2D eigenvalue weighted by molar-refractivity contribution is -0.131. The van der Waals surface area contributed by atoms with Crippen LogP contribution in [0.25, 0.3) is 6.08 Å². The van der Waals surface area contributed by atoms with Crippen LogP contribution >= 0.6 is 0 Å². The standard InChI is InChI=1S/C25H24N2O3/c1-17-5-3-4-6-22(17)23(16-24(27-30)21-13-14-26-18(2)15-21)20-10-7-19(8-11-20)9-12-25(28)29/h3-15,23-24H,16H2,1-2H3,(H,28,29). The van der Waals surface area contributed by atoms with Crippen LogP contribution in [-0.2, 0) is 4.79 Å². The van der Waals surface area contributed by atoms with Gasteiger partial charge in [0.05, 0.1) is 0 Å². The highest BCUT2D eigenvalue weighted by molar-refractivity contribution is 5.85. The molecule has 0 spiro atoms. The molecule has 2 unspecified atom stereocenters. The highest BCUT2D eigenvalue weighted by atomic mass is 16.4. The molecule has 1 heterocycles. The van der Waals surface area contributed by atoms with Crippen LogP contribution in [0.15, 0.2) is 78.1 Å². The Morgan fingerprint density at radius 2 is 1.80 bits per heavy atom. The predicted octanol–water partition coefficient (Wildman–Crippen LogP) is 5.83. The van der Waals surface area contributed by atoms with E-state index >= 15 is 0 Å². The number of nitrogens with zero attached hydrogens (tertiary/aromatic N) is 2. The highest BCUT2D eigenvalue weighted by Crippen LogP contribution is 2.37. The maximum atomic E-state index is 11.8. The third kappa shape index (κ3) is 5.26. The Morgan fingerprint density at radius 3 is 2.43 bits per heavy atom. The second-order valence-electron chi connectivity index (χ2n) is 7.33. The summed E-state index contributed by atoms with van der Waals surface area (Å²) in [7, 11) is 0. The molecule has 0 fully saturated rings. The van der Waals surface area contributed by atoms with Crippen molar-refractivity contribution in [2.75, 3.05) is 0 Å². The van der Waals surface area contributed by atoms with Crippen molar-refractivity contribution in [1.82, 2.24) is 4.98 Å². The number of aryl methyl sites for hydroxylation is 2. The molecule has 0 aliphatic rings. The third-order valence-corrected chi connectivity index (χ3v) is 5.21. The van der Waals surface area contributed by atoms with Crippen molar-refractivity contribution in [3.05, 3.63) is 111 Å². The Balaban J connectivity index is 1.98. The smallest absolute Gasteiger partial charge is 0.328 e. The van der Waals surface area contributed by atoms with Gasteiger partial charge in [-0.1, -0.05) is 53.7 Å². The van der Waals surface area contributed by atoms with Crippen LogP contribution in [0.1, 0.15) is 51.9 Å². The summed E-state index contributed by atoms with van der Waals surface area (Å²) in [6, 6.07) is 19.1. The molecule has 0 aliphatic heterocycles. The molecule has 3 aromatic rings. The van der Waals surface area contributed by atoms with Crippen molar-refractivity contribution in [1.29, 1.82) is 0 Å². The van der Waals surface area contributed by atoms with E-state index in [1.165, 1.54) is 0 Å². The lowest BCUT2D eigenvalue weighted by Gasteiger charge is -2.23. The zero-order valence-electron chi connectivity index (χ0n) is 17.0. The minimum Gasteiger partial charge on any atom is -0.478 e. The Hall–Kier alpha value is -3.60. The number of rotatable bonds is 8. The summed E-state index contributed by atoms with van der Waals surface area (Å²) in [4.78, 5) is 26.7. The maximum absolute atomic E-state index is 11.8. The fourth-order valence-corrected chi connectivity index (χ4v) is 3.67. The van der Waals surface area contributed by atoms with Crippen molar-refractivity contribution >= 4 is 12.0 Å². The summed E-state index contributed by atoms with van der Waals surface area (Å²) in [5.41, 5.74) is 5.86. The van der Waals surface area contributed by atoms with Crippen molar-refractivity contribution in [2.45, 2.75) is 32.2 Å². The van der Waals surface area contributed by atoms with Gasteiger partial charge >= 0.3 is 5.97 Å². The molecule has 5 heteroatoms. The van der Waals surface area contributed by atoms with Crippen molar-refractivity contribution in [3.63, 3.8) is 0 Å². The molecule has 30 heavy (non-hydrogen) atoms. The average molecular weight is 400 g/mol. The zero-order chi connectivity index (χ0) is 21.5. The summed E-state index contributed by atoms with van der Waals surface area (Å²) in [5, 5.41) is 12.3. The number of carboxylic acids is 1. The van der Waals surface area contributed by atoms with Gasteiger partial charge in [-0.2, -0.15) is 4.91 Å². The van der Waals surface area contributed by atoms with Gasteiger partial charge in [0.15, 0.2) is 0 Å². The van der Waals surface area contributed by atoms with Gasteiger partial charge in [-0.05, 0) is 66.3 Å².